The molecule has 0 aliphatic heterocycles. The van der Waals surface area contributed by atoms with Gasteiger partial charge in [-0.2, -0.15) is 0 Å². The average Bonchev–Trinajstić information content (AvgIpc) is 2.01. The van der Waals surface area contributed by atoms with Crippen LogP contribution in [0.4, 0.5) is 0 Å². The molecule has 0 atom stereocenters. The molecule has 0 saturated heterocycles. The number of hydrogen-bond donors (Lipinski definition) is 0. The highest BCUT2D eigenvalue weighted by Gasteiger charge is 2.03. The zero-order valence-electron chi connectivity index (χ0n) is 7.11. The van der Waals surface area contributed by atoms with Gasteiger partial charge in [-0.3, -0.25) is 0 Å². The first kappa shape index (κ1) is 8.54. The number of halogens is 1. The molecule has 0 aliphatic carbocycles. The Morgan fingerprint density at radius 1 is 1.36 bits per heavy atom. The van der Waals surface area contributed by atoms with Crippen molar-refractivity contribution in [2.45, 2.75) is 27.2 Å². The molecule has 0 amide bonds. The molecular weight excluding hydrogens is 158 g/mol. The summed E-state index contributed by atoms with van der Waals surface area (Å²) < 4.78 is 0. The van der Waals surface area contributed by atoms with Crippen LogP contribution in [0.1, 0.15) is 23.6 Å². The van der Waals surface area contributed by atoms with Crippen molar-refractivity contribution in [3.8, 4) is 0 Å². The molecule has 0 aliphatic rings. The fraction of sp³-hybridized carbons (Fsp3) is 0.444. The lowest BCUT2D eigenvalue weighted by atomic mass is 10.1. The molecule has 1 aromatic rings. The molecule has 60 valence electrons. The molecule has 0 N–H and O–H groups in total. The highest BCUT2D eigenvalue weighted by atomic mass is 35.5. The van der Waals surface area contributed by atoms with Crippen molar-refractivity contribution in [2.75, 3.05) is 0 Å². The van der Waals surface area contributed by atoms with E-state index in [1.165, 1.54) is 11.1 Å². The molecule has 1 aromatic heterocycles. The SMILES string of the molecule is CCc1cnc(Cl)c(C)c1C. The molecule has 0 spiro atoms. The molecule has 0 unspecified atom stereocenters. The Labute approximate surface area is 72.4 Å². The van der Waals surface area contributed by atoms with Crippen LogP contribution >= 0.6 is 11.6 Å². The summed E-state index contributed by atoms with van der Waals surface area (Å²) in [5.74, 6) is 0. The molecule has 0 saturated carbocycles. The largest absolute Gasteiger partial charge is 0.244 e. The van der Waals surface area contributed by atoms with Gasteiger partial charge in [0, 0.05) is 6.20 Å². The fourth-order valence-corrected chi connectivity index (χ4v) is 1.27. The van der Waals surface area contributed by atoms with E-state index in [2.05, 4.69) is 18.8 Å². The van der Waals surface area contributed by atoms with Gasteiger partial charge in [-0.25, -0.2) is 4.98 Å². The Balaban J connectivity index is 3.25. The van der Waals surface area contributed by atoms with Gasteiger partial charge in [0.1, 0.15) is 5.15 Å². The molecule has 1 nitrogen and oxygen atoms in total. The Kier molecular flexibility index (Phi) is 2.50. The first-order chi connectivity index (χ1) is 5.16. The molecule has 0 aromatic carbocycles. The number of hydrogen-bond acceptors (Lipinski definition) is 1. The van der Waals surface area contributed by atoms with E-state index in [1.54, 1.807) is 0 Å². The lowest BCUT2D eigenvalue weighted by Crippen LogP contribution is -1.93. The third-order valence-corrected chi connectivity index (χ3v) is 2.45. The van der Waals surface area contributed by atoms with Gasteiger partial charge in [0.2, 0.25) is 0 Å². The van der Waals surface area contributed by atoms with Crippen molar-refractivity contribution in [3.63, 3.8) is 0 Å². The predicted octanol–water partition coefficient (Wildman–Crippen LogP) is 2.91. The molecule has 0 fully saturated rings. The van der Waals surface area contributed by atoms with Crippen LogP contribution in [0.5, 0.6) is 0 Å². The van der Waals surface area contributed by atoms with Gasteiger partial charge in [-0.1, -0.05) is 18.5 Å². The molecular formula is C9H12ClN. The van der Waals surface area contributed by atoms with Gasteiger partial charge in [0.05, 0.1) is 0 Å². The van der Waals surface area contributed by atoms with Crippen molar-refractivity contribution in [3.05, 3.63) is 28.0 Å². The van der Waals surface area contributed by atoms with E-state index >= 15 is 0 Å². The van der Waals surface area contributed by atoms with Crippen LogP contribution in [-0.2, 0) is 6.42 Å². The van der Waals surface area contributed by atoms with Crippen molar-refractivity contribution < 1.29 is 0 Å². The van der Waals surface area contributed by atoms with Gasteiger partial charge >= 0.3 is 0 Å². The number of nitrogens with zero attached hydrogens (tertiary/aromatic N) is 1. The Hall–Kier alpha value is -0.560. The summed E-state index contributed by atoms with van der Waals surface area (Å²) in [5, 5.41) is 0.625. The van der Waals surface area contributed by atoms with E-state index in [-0.39, 0.29) is 0 Å². The zero-order valence-corrected chi connectivity index (χ0v) is 7.87. The first-order valence-electron chi connectivity index (χ1n) is 3.77. The number of aryl methyl sites for hydroxylation is 1. The topological polar surface area (TPSA) is 12.9 Å². The summed E-state index contributed by atoms with van der Waals surface area (Å²) in [7, 11) is 0. The summed E-state index contributed by atoms with van der Waals surface area (Å²) in [6, 6.07) is 0. The summed E-state index contributed by atoms with van der Waals surface area (Å²) in [6.45, 7) is 6.21. The highest BCUT2D eigenvalue weighted by molar-refractivity contribution is 6.30. The van der Waals surface area contributed by atoms with Crippen LogP contribution < -0.4 is 0 Å². The maximum Gasteiger partial charge on any atom is 0.132 e. The van der Waals surface area contributed by atoms with E-state index in [4.69, 9.17) is 11.6 Å². The van der Waals surface area contributed by atoms with Crippen LogP contribution in [0.15, 0.2) is 6.20 Å². The summed E-state index contributed by atoms with van der Waals surface area (Å²) in [4.78, 5) is 4.08. The van der Waals surface area contributed by atoms with Crippen LogP contribution in [0.3, 0.4) is 0 Å². The zero-order chi connectivity index (χ0) is 8.43. The minimum absolute atomic E-state index is 0.625. The van der Waals surface area contributed by atoms with E-state index in [9.17, 15) is 0 Å². The molecule has 0 bridgehead atoms. The molecule has 0 radical (unpaired) electrons. The van der Waals surface area contributed by atoms with E-state index in [1.807, 2.05) is 13.1 Å². The average molecular weight is 170 g/mol. The summed E-state index contributed by atoms with van der Waals surface area (Å²) in [6.07, 6.45) is 2.88. The van der Waals surface area contributed by atoms with E-state index in [0.717, 1.165) is 12.0 Å². The minimum atomic E-state index is 0.625. The van der Waals surface area contributed by atoms with Gasteiger partial charge in [0.25, 0.3) is 0 Å². The summed E-state index contributed by atoms with van der Waals surface area (Å²) >= 11 is 5.83. The van der Waals surface area contributed by atoms with Crippen LogP contribution in [-0.4, -0.2) is 4.98 Å². The molecule has 1 heterocycles. The minimum Gasteiger partial charge on any atom is -0.244 e. The standard InChI is InChI=1S/C9H12ClN/c1-4-8-5-11-9(10)7(3)6(8)2/h5H,4H2,1-3H3. The molecule has 2 heteroatoms. The fourth-order valence-electron chi connectivity index (χ4n) is 1.08. The number of pyridine rings is 1. The van der Waals surface area contributed by atoms with Crippen molar-refractivity contribution >= 4 is 11.6 Å². The highest BCUT2D eigenvalue weighted by Crippen LogP contribution is 2.18. The lowest BCUT2D eigenvalue weighted by molar-refractivity contribution is 1.05. The van der Waals surface area contributed by atoms with E-state index in [0.29, 0.717) is 5.15 Å². The second-order valence-corrected chi connectivity index (χ2v) is 3.04. The number of aromatic nitrogens is 1. The summed E-state index contributed by atoms with van der Waals surface area (Å²) in [5.41, 5.74) is 3.66. The van der Waals surface area contributed by atoms with Crippen molar-refractivity contribution in [2.24, 2.45) is 0 Å². The Morgan fingerprint density at radius 3 is 2.55 bits per heavy atom. The second kappa shape index (κ2) is 3.22. The van der Waals surface area contributed by atoms with Gasteiger partial charge in [-0.15, -0.1) is 0 Å². The van der Waals surface area contributed by atoms with Crippen LogP contribution in [0, 0.1) is 13.8 Å². The predicted molar refractivity (Wildman–Crippen MR) is 48.1 cm³/mol. The monoisotopic (exact) mass is 169 g/mol. The molecule has 1 rings (SSSR count). The third kappa shape index (κ3) is 1.54. The Bertz CT molecular complexity index is 269. The van der Waals surface area contributed by atoms with Gasteiger partial charge in [0.15, 0.2) is 0 Å². The normalized spacial score (nSPS) is 10.2. The van der Waals surface area contributed by atoms with Gasteiger partial charge in [-0.05, 0) is 37.0 Å². The van der Waals surface area contributed by atoms with Crippen LogP contribution in [0.2, 0.25) is 5.15 Å². The lowest BCUT2D eigenvalue weighted by Gasteiger charge is -2.06. The van der Waals surface area contributed by atoms with E-state index < -0.39 is 0 Å². The first-order valence-corrected chi connectivity index (χ1v) is 4.15. The number of rotatable bonds is 1. The Morgan fingerprint density at radius 2 is 2.00 bits per heavy atom. The van der Waals surface area contributed by atoms with Crippen LogP contribution in [0.25, 0.3) is 0 Å². The smallest absolute Gasteiger partial charge is 0.132 e. The maximum absolute atomic E-state index is 5.83. The van der Waals surface area contributed by atoms with Gasteiger partial charge < -0.3 is 0 Å². The molecule has 11 heavy (non-hydrogen) atoms. The van der Waals surface area contributed by atoms with Crippen molar-refractivity contribution in [1.29, 1.82) is 0 Å². The second-order valence-electron chi connectivity index (χ2n) is 2.68. The maximum atomic E-state index is 5.83. The third-order valence-electron chi connectivity index (χ3n) is 2.07. The van der Waals surface area contributed by atoms with Crippen molar-refractivity contribution in [1.82, 2.24) is 4.98 Å². The quantitative estimate of drug-likeness (QED) is 0.590.